The van der Waals surface area contributed by atoms with Gasteiger partial charge in [0.15, 0.2) is 11.9 Å². The normalized spacial score (nSPS) is 15.6. The van der Waals surface area contributed by atoms with Gasteiger partial charge in [-0.1, -0.05) is 42.5 Å². The molecular weight excluding hydrogens is 985 g/mol. The molecule has 1 saturated heterocycles. The monoisotopic (exact) mass is 1050 g/mol. The Kier molecular flexibility index (Phi) is 19.3. The Balaban J connectivity index is 1.29. The number of rotatable bonds is 27. The van der Waals surface area contributed by atoms with E-state index >= 15 is 4.79 Å². The van der Waals surface area contributed by atoms with Crippen LogP contribution >= 0.6 is 11.3 Å². The molecular formula is C50H66N16O8S. The Bertz CT molecular complexity index is 2910. The first-order valence-electron chi connectivity index (χ1n) is 24.5. The third kappa shape index (κ3) is 15.5. The number of carbonyl (C=O) groups is 8. The molecule has 0 bridgehead atoms. The number of amides is 8. The molecule has 25 heteroatoms. The van der Waals surface area contributed by atoms with Crippen LogP contribution in [0.1, 0.15) is 67.9 Å². The predicted octanol–water partition coefficient (Wildman–Crippen LogP) is -0.988. The Morgan fingerprint density at radius 2 is 1.33 bits per heavy atom. The molecule has 1 aliphatic heterocycles. The average molecular weight is 1050 g/mol. The number of hydrogen-bond acceptors (Lipinski definition) is 11. The minimum absolute atomic E-state index is 0.0155. The van der Waals surface area contributed by atoms with Gasteiger partial charge in [-0.15, -0.1) is 11.3 Å². The minimum Gasteiger partial charge on any atom is -0.370 e. The van der Waals surface area contributed by atoms with E-state index in [4.69, 9.17) is 34.4 Å². The van der Waals surface area contributed by atoms with E-state index in [0.717, 1.165) is 32.2 Å². The third-order valence-corrected chi connectivity index (χ3v) is 13.7. The number of primary amides is 2. The Hall–Kier alpha value is -8.48. The van der Waals surface area contributed by atoms with Gasteiger partial charge in [0.25, 0.3) is 0 Å². The minimum atomic E-state index is -1.80. The first-order valence-corrected chi connectivity index (χ1v) is 25.3. The van der Waals surface area contributed by atoms with Crippen molar-refractivity contribution in [3.8, 4) is 0 Å². The zero-order valence-corrected chi connectivity index (χ0v) is 42.4. The number of hydrogen-bond donors (Lipinski definition) is 13. The van der Waals surface area contributed by atoms with E-state index in [1.54, 1.807) is 12.4 Å². The van der Waals surface area contributed by atoms with Gasteiger partial charge >= 0.3 is 0 Å². The van der Waals surface area contributed by atoms with Crippen LogP contribution in [-0.4, -0.2) is 129 Å². The molecule has 6 atom stereocenters. The lowest BCUT2D eigenvalue weighted by molar-refractivity contribution is -0.143. The number of H-pyrrole nitrogens is 2. The lowest BCUT2D eigenvalue weighted by atomic mass is 9.90. The summed E-state index contributed by atoms with van der Waals surface area (Å²) in [6, 6.07) is 12.2. The molecule has 75 heavy (non-hydrogen) atoms. The van der Waals surface area contributed by atoms with E-state index in [-0.39, 0.29) is 82.9 Å². The van der Waals surface area contributed by atoms with Crippen LogP contribution in [0, 0.1) is 0 Å². The summed E-state index contributed by atoms with van der Waals surface area (Å²) in [6.07, 6.45) is 3.76. The number of guanidine groups is 2. The van der Waals surface area contributed by atoms with Crippen LogP contribution in [0.3, 0.4) is 0 Å². The number of benzene rings is 2. The lowest BCUT2D eigenvalue weighted by Gasteiger charge is -2.35. The van der Waals surface area contributed by atoms with Crippen molar-refractivity contribution in [3.63, 3.8) is 0 Å². The standard InChI is InChI=1S/C50H66N16O8S/c1-50(25-29-27-60-34-14-5-3-12-32(29)34,65-44(71)38(61-41(68)23-30-10-9-21-75-30)22-28-26-59-33-13-4-2-11-31(28)33)47(74)64-36(16-7-19-58-49(55)56)46(73)66-20-8-17-39(66)45(72)62-35(15-6-18-57-48(53)54)43(70)63-37(42(52)69)24-40(51)67/h2-5,9-14,21,26-27,35-39,59-60H,6-8,15-20,22-25H2,1H3,(H2,51,67)(H2,52,69)(H,61,68)(H,62,72)(H,63,70)(H,64,74)(H,65,71)(H4,53,54,57)(H4,55,56,58). The molecule has 8 amide bonds. The van der Waals surface area contributed by atoms with Crippen molar-refractivity contribution in [1.29, 1.82) is 0 Å². The maximum Gasteiger partial charge on any atom is 0.246 e. The number of nitrogens with one attached hydrogen (secondary N) is 7. The zero-order valence-electron chi connectivity index (χ0n) is 41.6. The quantitative estimate of drug-likeness (QED) is 0.0171. The smallest absolute Gasteiger partial charge is 0.246 e. The van der Waals surface area contributed by atoms with Gasteiger partial charge in [-0.2, -0.15) is 0 Å². The highest BCUT2D eigenvalue weighted by molar-refractivity contribution is 7.10. The van der Waals surface area contributed by atoms with Crippen LogP contribution < -0.4 is 61.0 Å². The van der Waals surface area contributed by atoms with E-state index in [1.165, 1.54) is 23.2 Å². The number of para-hydroxylation sites is 2. The van der Waals surface area contributed by atoms with Crippen molar-refractivity contribution in [3.05, 3.63) is 94.4 Å². The van der Waals surface area contributed by atoms with E-state index in [0.29, 0.717) is 12.0 Å². The summed E-state index contributed by atoms with van der Waals surface area (Å²) in [6.45, 7) is 1.78. The van der Waals surface area contributed by atoms with Crippen LogP contribution in [0.5, 0.6) is 0 Å². The Labute approximate surface area is 436 Å². The first-order chi connectivity index (χ1) is 35.8. The van der Waals surface area contributed by atoms with Crippen LogP contribution in [0.15, 0.2) is 88.4 Å². The second kappa shape index (κ2) is 26.0. The van der Waals surface area contributed by atoms with Crippen molar-refractivity contribution in [2.45, 2.75) is 107 Å². The highest BCUT2D eigenvalue weighted by Crippen LogP contribution is 2.26. The molecule has 1 fully saturated rings. The summed E-state index contributed by atoms with van der Waals surface area (Å²) in [4.78, 5) is 127. The van der Waals surface area contributed by atoms with Gasteiger partial charge < -0.3 is 75.9 Å². The molecule has 6 rings (SSSR count). The van der Waals surface area contributed by atoms with Gasteiger partial charge in [0, 0.05) is 71.6 Å². The number of thiophene rings is 1. The topological polar surface area (TPSA) is 412 Å². The second-order valence-corrected chi connectivity index (χ2v) is 19.6. The molecule has 0 radical (unpaired) electrons. The molecule has 5 aromatic rings. The number of fused-ring (bicyclic) bond motifs is 2. The summed E-state index contributed by atoms with van der Waals surface area (Å²) in [5, 5.41) is 17.3. The van der Waals surface area contributed by atoms with E-state index in [9.17, 15) is 33.6 Å². The Morgan fingerprint density at radius 3 is 1.93 bits per heavy atom. The predicted molar refractivity (Wildman–Crippen MR) is 284 cm³/mol. The molecule has 400 valence electrons. The molecule has 4 heterocycles. The van der Waals surface area contributed by atoms with Crippen molar-refractivity contribution < 1.29 is 38.4 Å². The summed E-state index contributed by atoms with van der Waals surface area (Å²) in [7, 11) is 0. The van der Waals surface area contributed by atoms with Crippen LogP contribution in [-0.2, 0) is 57.6 Å². The summed E-state index contributed by atoms with van der Waals surface area (Å²) in [5.74, 6) is -6.40. The third-order valence-electron chi connectivity index (χ3n) is 12.8. The largest absolute Gasteiger partial charge is 0.370 e. The highest BCUT2D eigenvalue weighted by Gasteiger charge is 2.43. The first kappa shape index (κ1) is 55.8. The van der Waals surface area contributed by atoms with Crippen molar-refractivity contribution in [2.24, 2.45) is 44.4 Å². The molecule has 3 aromatic heterocycles. The molecule has 2 aromatic carbocycles. The zero-order chi connectivity index (χ0) is 54.2. The highest BCUT2D eigenvalue weighted by atomic mass is 32.1. The second-order valence-electron chi connectivity index (χ2n) is 18.6. The summed E-state index contributed by atoms with van der Waals surface area (Å²) in [5.41, 5.74) is 34.1. The summed E-state index contributed by atoms with van der Waals surface area (Å²) < 4.78 is 0. The van der Waals surface area contributed by atoms with Gasteiger partial charge in [0.05, 0.1) is 12.8 Å². The van der Waals surface area contributed by atoms with Gasteiger partial charge in [0.1, 0.15) is 35.7 Å². The van der Waals surface area contributed by atoms with Crippen LogP contribution in [0.4, 0.5) is 0 Å². The molecule has 1 aliphatic rings. The fourth-order valence-electron chi connectivity index (χ4n) is 9.06. The van der Waals surface area contributed by atoms with E-state index < -0.39 is 89.4 Å². The van der Waals surface area contributed by atoms with Crippen molar-refractivity contribution in [2.75, 3.05) is 19.6 Å². The molecule has 19 N–H and O–H groups in total. The average Bonchev–Trinajstić information content (AvgIpc) is 4.21. The van der Waals surface area contributed by atoms with Gasteiger partial charge in [0.2, 0.25) is 47.3 Å². The van der Waals surface area contributed by atoms with Crippen LogP contribution in [0.25, 0.3) is 21.8 Å². The molecule has 24 nitrogen and oxygen atoms in total. The number of aromatic nitrogens is 2. The fraction of sp³-hybridized carbons (Fsp3) is 0.400. The van der Waals surface area contributed by atoms with Crippen molar-refractivity contribution >= 4 is 92.3 Å². The number of likely N-dealkylation sites (tertiary alicyclic amines) is 1. The maximum absolute atomic E-state index is 15.2. The number of aliphatic imine (C=N–C) groups is 2. The number of carbonyl (C=O) groups excluding carboxylic acids is 8. The molecule has 6 unspecified atom stereocenters. The molecule has 0 spiro atoms. The number of nitrogens with zero attached hydrogens (tertiary/aromatic N) is 3. The van der Waals surface area contributed by atoms with Crippen molar-refractivity contribution in [1.82, 2.24) is 41.5 Å². The van der Waals surface area contributed by atoms with Gasteiger partial charge in [-0.25, -0.2) is 0 Å². The number of aromatic amines is 2. The summed E-state index contributed by atoms with van der Waals surface area (Å²) >= 11 is 1.40. The number of nitrogens with two attached hydrogens (primary N) is 6. The molecule has 0 saturated carbocycles. The van der Waals surface area contributed by atoms with E-state index in [1.807, 2.05) is 66.0 Å². The fourth-order valence-corrected chi connectivity index (χ4v) is 9.77. The van der Waals surface area contributed by atoms with Gasteiger partial charge in [-0.05, 0) is 80.2 Å². The SMILES string of the molecule is CC(Cc1c[nH]c2ccccc12)(NC(=O)C(Cc1c[nH]c2ccccc12)NC(=O)Cc1cccs1)C(=O)NC(CCCN=C(N)N)C(=O)N1CCCC1C(=O)NC(CCCN=C(N)N)C(=O)NC(CC(N)=O)C(N)=O. The van der Waals surface area contributed by atoms with Crippen LogP contribution in [0.2, 0.25) is 0 Å². The molecule has 0 aliphatic carbocycles. The lowest BCUT2D eigenvalue weighted by Crippen LogP contribution is -2.64. The van der Waals surface area contributed by atoms with Gasteiger partial charge in [-0.3, -0.25) is 48.3 Å². The maximum atomic E-state index is 15.2. The Morgan fingerprint density at radius 1 is 0.720 bits per heavy atom. The van der Waals surface area contributed by atoms with E-state index in [2.05, 4.69) is 46.5 Å².